The second kappa shape index (κ2) is 9.91. The Kier molecular flexibility index (Phi) is 7.51. The summed E-state index contributed by atoms with van der Waals surface area (Å²) in [4.78, 5) is 2.40. The van der Waals surface area contributed by atoms with Crippen molar-refractivity contribution in [3.05, 3.63) is 60.2 Å². The van der Waals surface area contributed by atoms with Crippen molar-refractivity contribution in [1.82, 2.24) is 9.62 Å². The minimum Gasteiger partial charge on any atom is -0.493 e. The number of ether oxygens (including phenoxy) is 1. The number of hydrogen-bond donors (Lipinski definition) is 1. The average Bonchev–Trinajstić information content (AvgIpc) is 3.15. The Morgan fingerprint density at radius 1 is 1.03 bits per heavy atom. The SMILES string of the molecule is CCS(=O)(=O)CCOc1ccc(S(=O)(=O)NC2CCN(Cc3ccccc3)C2)cc1. The number of sulfone groups is 1. The lowest BCUT2D eigenvalue weighted by Crippen LogP contribution is -2.36. The number of likely N-dealkylation sites (tertiary alicyclic amines) is 1. The molecule has 0 amide bonds. The van der Waals surface area contributed by atoms with Crippen LogP contribution in [0.5, 0.6) is 5.75 Å². The molecule has 0 aliphatic carbocycles. The lowest BCUT2D eigenvalue weighted by atomic mass is 10.2. The summed E-state index contributed by atoms with van der Waals surface area (Å²) >= 11 is 0. The van der Waals surface area contributed by atoms with E-state index in [1.54, 1.807) is 19.1 Å². The van der Waals surface area contributed by atoms with Crippen molar-refractivity contribution in [3.8, 4) is 5.75 Å². The number of sulfonamides is 1. The van der Waals surface area contributed by atoms with Crippen LogP contribution in [0.15, 0.2) is 59.5 Å². The van der Waals surface area contributed by atoms with Crippen molar-refractivity contribution in [2.75, 3.05) is 31.2 Å². The molecule has 1 atom stereocenters. The van der Waals surface area contributed by atoms with Crippen LogP contribution in [0.3, 0.4) is 0 Å². The van der Waals surface area contributed by atoms with E-state index < -0.39 is 19.9 Å². The number of nitrogens with zero attached hydrogens (tertiary/aromatic N) is 1. The quantitative estimate of drug-likeness (QED) is 0.593. The Balaban J connectivity index is 1.52. The summed E-state index contributed by atoms with van der Waals surface area (Å²) in [7, 11) is -6.73. The van der Waals surface area contributed by atoms with Gasteiger partial charge in [-0.1, -0.05) is 37.3 Å². The van der Waals surface area contributed by atoms with Gasteiger partial charge in [-0.05, 0) is 36.2 Å². The van der Waals surface area contributed by atoms with Crippen molar-refractivity contribution < 1.29 is 21.6 Å². The van der Waals surface area contributed by atoms with Gasteiger partial charge in [-0.25, -0.2) is 21.6 Å². The monoisotopic (exact) mass is 452 g/mol. The van der Waals surface area contributed by atoms with Gasteiger partial charge >= 0.3 is 0 Å². The first-order valence-electron chi connectivity index (χ1n) is 9.99. The molecule has 1 unspecified atom stereocenters. The number of benzene rings is 2. The van der Waals surface area contributed by atoms with Crippen molar-refractivity contribution in [3.63, 3.8) is 0 Å². The Bertz CT molecular complexity index is 1020. The number of rotatable bonds is 10. The van der Waals surface area contributed by atoms with E-state index in [-0.39, 0.29) is 29.0 Å². The third-order valence-electron chi connectivity index (χ3n) is 5.08. The summed E-state index contributed by atoms with van der Waals surface area (Å²) in [5.41, 5.74) is 1.21. The van der Waals surface area contributed by atoms with Crippen LogP contribution in [-0.2, 0) is 26.4 Å². The molecule has 2 aromatic carbocycles. The van der Waals surface area contributed by atoms with Crippen molar-refractivity contribution in [2.45, 2.75) is 30.8 Å². The summed E-state index contributed by atoms with van der Waals surface area (Å²) in [6, 6.07) is 16.0. The zero-order chi connectivity index (χ0) is 21.6. The number of hydrogen-bond acceptors (Lipinski definition) is 6. The summed E-state index contributed by atoms with van der Waals surface area (Å²) in [5, 5.41) is 0. The van der Waals surface area contributed by atoms with Crippen molar-refractivity contribution in [2.24, 2.45) is 0 Å². The molecular formula is C21H28N2O5S2. The average molecular weight is 453 g/mol. The highest BCUT2D eigenvalue weighted by molar-refractivity contribution is 7.91. The highest BCUT2D eigenvalue weighted by Gasteiger charge is 2.27. The van der Waals surface area contributed by atoms with Crippen LogP contribution in [-0.4, -0.2) is 59.0 Å². The molecule has 1 N–H and O–H groups in total. The normalized spacial score (nSPS) is 17.8. The zero-order valence-electron chi connectivity index (χ0n) is 17.0. The fourth-order valence-corrected chi connectivity index (χ4v) is 5.24. The molecule has 0 bridgehead atoms. The van der Waals surface area contributed by atoms with Crippen LogP contribution in [0.1, 0.15) is 18.9 Å². The molecule has 0 spiro atoms. The van der Waals surface area contributed by atoms with Crippen LogP contribution in [0.25, 0.3) is 0 Å². The van der Waals surface area contributed by atoms with E-state index in [0.29, 0.717) is 12.3 Å². The highest BCUT2D eigenvalue weighted by Crippen LogP contribution is 2.19. The Labute approximate surface area is 179 Å². The zero-order valence-corrected chi connectivity index (χ0v) is 18.7. The van der Waals surface area contributed by atoms with Gasteiger partial charge in [-0.15, -0.1) is 0 Å². The van der Waals surface area contributed by atoms with Gasteiger partial charge in [-0.2, -0.15) is 0 Å². The molecule has 1 fully saturated rings. The van der Waals surface area contributed by atoms with E-state index in [9.17, 15) is 16.8 Å². The molecule has 3 rings (SSSR count). The van der Waals surface area contributed by atoms with Crippen LogP contribution in [0.4, 0.5) is 0 Å². The molecule has 9 heteroatoms. The highest BCUT2D eigenvalue weighted by atomic mass is 32.2. The van der Waals surface area contributed by atoms with E-state index >= 15 is 0 Å². The summed E-state index contributed by atoms with van der Waals surface area (Å²) < 4.78 is 56.6. The van der Waals surface area contributed by atoms with E-state index in [1.807, 2.05) is 18.2 Å². The van der Waals surface area contributed by atoms with E-state index in [0.717, 1.165) is 19.5 Å². The lowest BCUT2D eigenvalue weighted by molar-refractivity contribution is 0.324. The molecule has 164 valence electrons. The Morgan fingerprint density at radius 3 is 2.40 bits per heavy atom. The van der Waals surface area contributed by atoms with Gasteiger partial charge in [0, 0.05) is 31.4 Å². The molecule has 1 heterocycles. The first kappa shape index (κ1) is 22.7. The van der Waals surface area contributed by atoms with Gasteiger partial charge in [0.2, 0.25) is 10.0 Å². The maximum atomic E-state index is 12.7. The summed E-state index contributed by atoms with van der Waals surface area (Å²) in [5.74, 6) is 0.449. The standard InChI is InChI=1S/C21H28N2O5S2/c1-2-29(24,25)15-14-28-20-8-10-21(11-9-20)30(26,27)22-19-12-13-23(17-19)16-18-6-4-3-5-7-18/h3-11,19,22H,2,12-17H2,1H3. The largest absolute Gasteiger partial charge is 0.493 e. The Hall–Kier alpha value is -1.94. The van der Waals surface area contributed by atoms with Gasteiger partial charge in [-0.3, -0.25) is 4.90 Å². The third kappa shape index (κ3) is 6.53. The molecule has 1 aliphatic rings. The van der Waals surface area contributed by atoms with Gasteiger partial charge in [0.25, 0.3) is 0 Å². The van der Waals surface area contributed by atoms with E-state index in [1.165, 1.54) is 17.7 Å². The summed E-state index contributed by atoms with van der Waals surface area (Å²) in [6.07, 6.45) is 0.763. The molecular weight excluding hydrogens is 424 g/mol. The van der Waals surface area contributed by atoms with Crippen LogP contribution < -0.4 is 9.46 Å². The smallest absolute Gasteiger partial charge is 0.240 e. The summed E-state index contributed by atoms with van der Waals surface area (Å²) in [6.45, 7) is 3.95. The first-order chi connectivity index (χ1) is 14.3. The van der Waals surface area contributed by atoms with Gasteiger partial charge < -0.3 is 4.74 Å². The molecule has 0 aromatic heterocycles. The second-order valence-electron chi connectivity index (χ2n) is 7.38. The lowest BCUT2D eigenvalue weighted by Gasteiger charge is -2.17. The fraction of sp³-hybridized carbons (Fsp3) is 0.429. The van der Waals surface area contributed by atoms with Gasteiger partial charge in [0.1, 0.15) is 12.4 Å². The maximum Gasteiger partial charge on any atom is 0.240 e. The van der Waals surface area contributed by atoms with Crippen LogP contribution in [0, 0.1) is 0 Å². The Morgan fingerprint density at radius 2 is 1.73 bits per heavy atom. The molecule has 30 heavy (non-hydrogen) atoms. The second-order valence-corrected chi connectivity index (χ2v) is 11.6. The van der Waals surface area contributed by atoms with E-state index in [4.69, 9.17) is 4.74 Å². The maximum absolute atomic E-state index is 12.7. The van der Waals surface area contributed by atoms with Gasteiger partial charge in [0.15, 0.2) is 9.84 Å². The molecule has 0 saturated carbocycles. The topological polar surface area (TPSA) is 92.8 Å². The minimum absolute atomic E-state index is 0.0415. The first-order valence-corrected chi connectivity index (χ1v) is 13.3. The molecule has 7 nitrogen and oxygen atoms in total. The molecule has 0 radical (unpaired) electrons. The van der Waals surface area contributed by atoms with Crippen LogP contribution >= 0.6 is 0 Å². The molecule has 1 saturated heterocycles. The predicted molar refractivity (Wildman–Crippen MR) is 117 cm³/mol. The predicted octanol–water partition coefficient (Wildman–Crippen LogP) is 2.05. The van der Waals surface area contributed by atoms with Crippen molar-refractivity contribution >= 4 is 19.9 Å². The number of nitrogens with one attached hydrogen (secondary N) is 1. The third-order valence-corrected chi connectivity index (χ3v) is 8.28. The minimum atomic E-state index is -3.63. The van der Waals surface area contributed by atoms with Crippen LogP contribution in [0.2, 0.25) is 0 Å². The van der Waals surface area contributed by atoms with E-state index in [2.05, 4.69) is 21.8 Å². The van der Waals surface area contributed by atoms with Crippen molar-refractivity contribution in [1.29, 1.82) is 0 Å². The fourth-order valence-electron chi connectivity index (χ4n) is 3.35. The van der Waals surface area contributed by atoms with Gasteiger partial charge in [0.05, 0.1) is 10.6 Å². The molecule has 2 aromatic rings. The molecule has 1 aliphatic heterocycles.